The fourth-order valence-electron chi connectivity index (χ4n) is 1.26. The number of rotatable bonds is 3. The number of hydrogen-bond acceptors (Lipinski definition) is 3. The van der Waals surface area contributed by atoms with Gasteiger partial charge in [0.1, 0.15) is 6.26 Å². The van der Waals surface area contributed by atoms with Gasteiger partial charge < -0.3 is 9.73 Å². The Morgan fingerprint density at radius 1 is 1.50 bits per heavy atom. The zero-order valence-corrected chi connectivity index (χ0v) is 9.90. The van der Waals surface area contributed by atoms with Crippen molar-refractivity contribution in [3.05, 3.63) is 47.1 Å². The summed E-state index contributed by atoms with van der Waals surface area (Å²) in [7, 11) is 0. The summed E-state index contributed by atoms with van der Waals surface area (Å²) in [6, 6.07) is 7.41. The Bertz CT molecular complexity index is 482. The first-order chi connectivity index (χ1) is 7.74. The third-order valence-corrected chi connectivity index (χ3v) is 2.43. The predicted octanol–water partition coefficient (Wildman–Crippen LogP) is 2.62. The number of amides is 1. The number of nitrogens with one attached hydrogen (secondary N) is 1. The van der Waals surface area contributed by atoms with E-state index in [1.807, 2.05) is 24.3 Å². The van der Waals surface area contributed by atoms with Crippen LogP contribution in [-0.2, 0) is 11.2 Å². The Kier molecular flexibility index (Phi) is 3.36. The molecule has 0 saturated heterocycles. The van der Waals surface area contributed by atoms with E-state index in [0.29, 0.717) is 5.69 Å². The molecule has 0 aliphatic rings. The molecule has 1 amide bonds. The van der Waals surface area contributed by atoms with Crippen LogP contribution in [0.25, 0.3) is 0 Å². The molecule has 0 aliphatic heterocycles. The molecule has 1 heterocycles. The van der Waals surface area contributed by atoms with Crippen LogP contribution in [0.1, 0.15) is 5.69 Å². The molecule has 0 unspecified atom stereocenters. The second-order valence-electron chi connectivity index (χ2n) is 3.22. The van der Waals surface area contributed by atoms with Gasteiger partial charge in [-0.05, 0) is 18.2 Å². The van der Waals surface area contributed by atoms with Gasteiger partial charge in [-0.15, -0.1) is 0 Å². The van der Waals surface area contributed by atoms with Gasteiger partial charge in [0, 0.05) is 10.2 Å². The minimum Gasteiger partial charge on any atom is -0.451 e. The summed E-state index contributed by atoms with van der Waals surface area (Å²) in [6.07, 6.45) is 2.98. The first-order valence-electron chi connectivity index (χ1n) is 4.66. The summed E-state index contributed by atoms with van der Waals surface area (Å²) < 4.78 is 5.71. The lowest BCUT2D eigenvalue weighted by atomic mass is 10.3. The van der Waals surface area contributed by atoms with Crippen LogP contribution in [0.5, 0.6) is 0 Å². The standard InChI is InChI=1S/C11H9BrN2O2/c12-8-2-1-3-9(4-8)14-11(15)5-10-6-16-7-13-10/h1-4,6-7H,5H2,(H,14,15). The number of oxazole rings is 1. The molecule has 16 heavy (non-hydrogen) atoms. The van der Waals surface area contributed by atoms with Gasteiger partial charge in [-0.1, -0.05) is 22.0 Å². The quantitative estimate of drug-likeness (QED) is 0.940. The SMILES string of the molecule is O=C(Cc1cocn1)Nc1cccc(Br)c1. The van der Waals surface area contributed by atoms with Crippen molar-refractivity contribution in [3.8, 4) is 0 Å². The van der Waals surface area contributed by atoms with Gasteiger partial charge in [0.2, 0.25) is 5.91 Å². The van der Waals surface area contributed by atoms with Crippen molar-refractivity contribution in [1.82, 2.24) is 4.98 Å². The number of anilines is 1. The van der Waals surface area contributed by atoms with E-state index in [4.69, 9.17) is 4.42 Å². The van der Waals surface area contributed by atoms with E-state index in [1.165, 1.54) is 12.7 Å². The largest absolute Gasteiger partial charge is 0.451 e. The van der Waals surface area contributed by atoms with Crippen LogP contribution in [0.4, 0.5) is 5.69 Å². The first-order valence-corrected chi connectivity index (χ1v) is 5.46. The average molecular weight is 281 g/mol. The van der Waals surface area contributed by atoms with Gasteiger partial charge in [-0.2, -0.15) is 0 Å². The van der Waals surface area contributed by atoms with Gasteiger partial charge in [-0.3, -0.25) is 4.79 Å². The fraction of sp³-hybridized carbons (Fsp3) is 0.0909. The van der Waals surface area contributed by atoms with Crippen LogP contribution in [0.15, 0.2) is 45.8 Å². The summed E-state index contributed by atoms with van der Waals surface area (Å²) in [5, 5.41) is 2.77. The molecule has 0 atom stereocenters. The van der Waals surface area contributed by atoms with Gasteiger partial charge in [0.05, 0.1) is 12.1 Å². The van der Waals surface area contributed by atoms with E-state index in [-0.39, 0.29) is 12.3 Å². The third kappa shape index (κ3) is 2.93. The molecular weight excluding hydrogens is 272 g/mol. The maximum Gasteiger partial charge on any atom is 0.230 e. The van der Waals surface area contributed by atoms with E-state index >= 15 is 0 Å². The predicted molar refractivity (Wildman–Crippen MR) is 63.0 cm³/mol. The number of benzene rings is 1. The summed E-state index contributed by atoms with van der Waals surface area (Å²) in [6.45, 7) is 0. The lowest BCUT2D eigenvalue weighted by molar-refractivity contribution is -0.115. The number of carbonyl (C=O) groups excluding carboxylic acids is 1. The van der Waals surface area contributed by atoms with Crippen molar-refractivity contribution >= 4 is 27.5 Å². The molecule has 0 aliphatic carbocycles. The second-order valence-corrected chi connectivity index (χ2v) is 4.13. The van der Waals surface area contributed by atoms with Crippen molar-refractivity contribution < 1.29 is 9.21 Å². The molecule has 2 rings (SSSR count). The molecule has 0 fully saturated rings. The zero-order chi connectivity index (χ0) is 11.4. The smallest absolute Gasteiger partial charge is 0.230 e. The van der Waals surface area contributed by atoms with Crippen LogP contribution in [0, 0.1) is 0 Å². The van der Waals surface area contributed by atoms with Crippen LogP contribution in [-0.4, -0.2) is 10.9 Å². The van der Waals surface area contributed by atoms with Gasteiger partial charge >= 0.3 is 0 Å². The number of aromatic nitrogens is 1. The molecule has 4 nitrogen and oxygen atoms in total. The van der Waals surface area contributed by atoms with Crippen LogP contribution >= 0.6 is 15.9 Å². The van der Waals surface area contributed by atoms with E-state index < -0.39 is 0 Å². The monoisotopic (exact) mass is 280 g/mol. The summed E-state index contributed by atoms with van der Waals surface area (Å²) in [4.78, 5) is 15.5. The number of nitrogens with zero attached hydrogens (tertiary/aromatic N) is 1. The highest BCUT2D eigenvalue weighted by molar-refractivity contribution is 9.10. The fourth-order valence-corrected chi connectivity index (χ4v) is 1.66. The highest BCUT2D eigenvalue weighted by Gasteiger charge is 2.06. The van der Waals surface area contributed by atoms with Crippen LogP contribution in [0.2, 0.25) is 0 Å². The minimum absolute atomic E-state index is 0.119. The number of carbonyl (C=O) groups is 1. The third-order valence-electron chi connectivity index (χ3n) is 1.93. The van der Waals surface area contributed by atoms with Crippen LogP contribution < -0.4 is 5.32 Å². The lowest BCUT2D eigenvalue weighted by Crippen LogP contribution is -2.14. The van der Waals surface area contributed by atoms with E-state index in [9.17, 15) is 4.79 Å². The number of hydrogen-bond donors (Lipinski definition) is 1. The molecule has 0 bridgehead atoms. The second kappa shape index (κ2) is 4.94. The zero-order valence-electron chi connectivity index (χ0n) is 8.31. The van der Waals surface area contributed by atoms with Crippen molar-refractivity contribution in [2.45, 2.75) is 6.42 Å². The molecule has 1 aromatic heterocycles. The Balaban J connectivity index is 1.97. The molecule has 0 radical (unpaired) electrons. The van der Waals surface area contributed by atoms with Gasteiger partial charge in [0.15, 0.2) is 6.39 Å². The van der Waals surface area contributed by atoms with Crippen LogP contribution in [0.3, 0.4) is 0 Å². The Morgan fingerprint density at radius 2 is 2.38 bits per heavy atom. The van der Waals surface area contributed by atoms with Gasteiger partial charge in [-0.25, -0.2) is 4.98 Å². The molecule has 5 heteroatoms. The molecule has 1 N–H and O–H groups in total. The average Bonchev–Trinajstić information content (AvgIpc) is 2.70. The molecule has 82 valence electrons. The number of halogens is 1. The minimum atomic E-state index is -0.119. The summed E-state index contributed by atoms with van der Waals surface area (Å²) in [5.74, 6) is -0.119. The van der Waals surface area contributed by atoms with Crippen molar-refractivity contribution in [3.63, 3.8) is 0 Å². The normalized spacial score (nSPS) is 10.1. The molecule has 0 spiro atoms. The Labute approximate surface area is 101 Å². The molecule has 2 aromatic rings. The van der Waals surface area contributed by atoms with E-state index in [2.05, 4.69) is 26.2 Å². The van der Waals surface area contributed by atoms with Crippen molar-refractivity contribution in [2.75, 3.05) is 5.32 Å². The first kappa shape index (κ1) is 10.9. The van der Waals surface area contributed by atoms with Crippen molar-refractivity contribution in [2.24, 2.45) is 0 Å². The highest BCUT2D eigenvalue weighted by Crippen LogP contribution is 2.15. The maximum atomic E-state index is 11.6. The Morgan fingerprint density at radius 3 is 3.06 bits per heavy atom. The molecular formula is C11H9BrN2O2. The Hall–Kier alpha value is -1.62. The summed E-state index contributed by atoms with van der Waals surface area (Å²) in [5.41, 5.74) is 1.37. The molecule has 0 saturated carbocycles. The van der Waals surface area contributed by atoms with E-state index in [1.54, 1.807) is 0 Å². The van der Waals surface area contributed by atoms with E-state index in [0.717, 1.165) is 10.2 Å². The lowest BCUT2D eigenvalue weighted by Gasteiger charge is -2.03. The van der Waals surface area contributed by atoms with Crippen molar-refractivity contribution in [1.29, 1.82) is 0 Å². The topological polar surface area (TPSA) is 55.1 Å². The maximum absolute atomic E-state index is 11.6. The summed E-state index contributed by atoms with van der Waals surface area (Å²) >= 11 is 3.33. The van der Waals surface area contributed by atoms with Gasteiger partial charge in [0.25, 0.3) is 0 Å². The highest BCUT2D eigenvalue weighted by atomic mass is 79.9. The molecule has 1 aromatic carbocycles.